The Morgan fingerprint density at radius 2 is 2.37 bits per heavy atom. The van der Waals surface area contributed by atoms with E-state index in [4.69, 9.17) is 10.9 Å². The largest absolute Gasteiger partial charge is 0.409 e. The van der Waals surface area contributed by atoms with E-state index in [0.29, 0.717) is 18.2 Å². The highest BCUT2D eigenvalue weighted by Gasteiger charge is 2.29. The third kappa shape index (κ3) is 2.92. The van der Waals surface area contributed by atoms with E-state index in [9.17, 15) is 8.42 Å². The fraction of sp³-hybridized carbons (Fsp3) is 0.500. The molecule has 8 nitrogen and oxygen atoms in total. The normalized spacial score (nSPS) is 23.3. The maximum atomic E-state index is 11.5. The van der Waals surface area contributed by atoms with Crippen molar-refractivity contribution in [3.63, 3.8) is 0 Å². The average molecular weight is 285 g/mol. The second kappa shape index (κ2) is 5.00. The minimum Gasteiger partial charge on any atom is -0.409 e. The fourth-order valence-corrected chi connectivity index (χ4v) is 3.53. The standard InChI is InChI=1S/C10H15N5O3S/c1-7-6-19(17,18)5-4-15(7)10-12-3-2-8(13-10)9(11)14-16/h2-3,7,16H,4-6H2,1H3,(H2,11,14). The number of oxime groups is 1. The van der Waals surface area contributed by atoms with E-state index in [1.165, 1.54) is 12.3 Å². The van der Waals surface area contributed by atoms with Gasteiger partial charge in [-0.25, -0.2) is 18.4 Å². The van der Waals surface area contributed by atoms with Gasteiger partial charge in [-0.05, 0) is 13.0 Å². The quantitative estimate of drug-likeness (QED) is 0.315. The van der Waals surface area contributed by atoms with Gasteiger partial charge in [0.1, 0.15) is 5.69 Å². The van der Waals surface area contributed by atoms with E-state index >= 15 is 0 Å². The zero-order chi connectivity index (χ0) is 14.0. The first kappa shape index (κ1) is 13.5. The molecule has 104 valence electrons. The number of rotatable bonds is 2. The zero-order valence-corrected chi connectivity index (χ0v) is 11.2. The van der Waals surface area contributed by atoms with Gasteiger partial charge in [-0.15, -0.1) is 0 Å². The van der Waals surface area contributed by atoms with Gasteiger partial charge >= 0.3 is 0 Å². The molecule has 1 aromatic heterocycles. The molecular weight excluding hydrogens is 270 g/mol. The Kier molecular flexibility index (Phi) is 3.56. The number of nitrogens with two attached hydrogens (primary N) is 1. The van der Waals surface area contributed by atoms with Crippen molar-refractivity contribution in [1.29, 1.82) is 0 Å². The first-order valence-corrected chi connectivity index (χ1v) is 7.53. The van der Waals surface area contributed by atoms with E-state index < -0.39 is 9.84 Å². The van der Waals surface area contributed by atoms with Gasteiger partial charge < -0.3 is 15.8 Å². The number of anilines is 1. The minimum absolute atomic E-state index is 0.0736. The van der Waals surface area contributed by atoms with Gasteiger partial charge in [0.2, 0.25) is 5.95 Å². The molecule has 2 heterocycles. The van der Waals surface area contributed by atoms with Gasteiger partial charge in [-0.2, -0.15) is 0 Å². The Balaban J connectivity index is 2.28. The number of amidine groups is 1. The van der Waals surface area contributed by atoms with E-state index in [2.05, 4.69) is 15.1 Å². The minimum atomic E-state index is -2.99. The van der Waals surface area contributed by atoms with E-state index in [-0.39, 0.29) is 23.4 Å². The predicted octanol–water partition coefficient (Wildman–Crippen LogP) is -0.806. The lowest BCUT2D eigenvalue weighted by atomic mass is 10.3. The predicted molar refractivity (Wildman–Crippen MR) is 70.0 cm³/mol. The second-order valence-electron chi connectivity index (χ2n) is 4.38. The maximum Gasteiger partial charge on any atom is 0.226 e. The monoisotopic (exact) mass is 285 g/mol. The highest BCUT2D eigenvalue weighted by atomic mass is 32.2. The summed E-state index contributed by atoms with van der Waals surface area (Å²) in [5.74, 6) is 0.422. The molecule has 19 heavy (non-hydrogen) atoms. The molecule has 0 saturated carbocycles. The highest BCUT2D eigenvalue weighted by molar-refractivity contribution is 7.91. The zero-order valence-electron chi connectivity index (χ0n) is 10.4. The van der Waals surface area contributed by atoms with Crippen molar-refractivity contribution in [2.24, 2.45) is 10.9 Å². The molecule has 2 rings (SSSR count). The van der Waals surface area contributed by atoms with Crippen LogP contribution in [0.25, 0.3) is 0 Å². The lowest BCUT2D eigenvalue weighted by Crippen LogP contribution is -2.47. The molecule has 3 N–H and O–H groups in total. The summed E-state index contributed by atoms with van der Waals surface area (Å²) in [4.78, 5) is 10.1. The van der Waals surface area contributed by atoms with E-state index in [1.807, 2.05) is 0 Å². The van der Waals surface area contributed by atoms with Crippen LogP contribution in [0.4, 0.5) is 5.95 Å². The van der Waals surface area contributed by atoms with Crippen molar-refractivity contribution in [2.45, 2.75) is 13.0 Å². The van der Waals surface area contributed by atoms with Gasteiger partial charge in [0.15, 0.2) is 15.7 Å². The summed E-state index contributed by atoms with van der Waals surface area (Å²) in [6.45, 7) is 2.14. The van der Waals surface area contributed by atoms with Crippen LogP contribution in [0.15, 0.2) is 17.4 Å². The Bertz CT molecular complexity index is 601. The molecule has 0 spiro atoms. The molecule has 1 aliphatic rings. The van der Waals surface area contributed by atoms with Gasteiger partial charge in [0.25, 0.3) is 0 Å². The first-order chi connectivity index (χ1) is 8.93. The van der Waals surface area contributed by atoms with Crippen LogP contribution < -0.4 is 10.6 Å². The molecule has 0 bridgehead atoms. The number of sulfone groups is 1. The first-order valence-electron chi connectivity index (χ1n) is 5.71. The van der Waals surface area contributed by atoms with Gasteiger partial charge in [-0.3, -0.25) is 0 Å². The van der Waals surface area contributed by atoms with E-state index in [1.54, 1.807) is 11.8 Å². The molecular formula is C10H15N5O3S. The molecule has 1 saturated heterocycles. The third-order valence-corrected chi connectivity index (χ3v) is 4.74. The van der Waals surface area contributed by atoms with Crippen LogP contribution in [0.1, 0.15) is 12.6 Å². The third-order valence-electron chi connectivity index (χ3n) is 2.94. The van der Waals surface area contributed by atoms with Gasteiger partial charge in [0, 0.05) is 18.8 Å². The topological polar surface area (TPSA) is 122 Å². The number of aromatic nitrogens is 2. The summed E-state index contributed by atoms with van der Waals surface area (Å²) < 4.78 is 23.0. The van der Waals surface area contributed by atoms with Crippen molar-refractivity contribution in [3.8, 4) is 0 Å². The summed E-state index contributed by atoms with van der Waals surface area (Å²) in [5, 5.41) is 11.5. The maximum absolute atomic E-state index is 11.5. The second-order valence-corrected chi connectivity index (χ2v) is 6.61. The van der Waals surface area contributed by atoms with Crippen LogP contribution in [-0.4, -0.2) is 53.5 Å². The van der Waals surface area contributed by atoms with Crippen molar-refractivity contribution < 1.29 is 13.6 Å². The van der Waals surface area contributed by atoms with Gasteiger partial charge in [0.05, 0.1) is 11.5 Å². The number of nitrogens with zero attached hydrogens (tertiary/aromatic N) is 4. The lowest BCUT2D eigenvalue weighted by molar-refractivity contribution is 0.318. The van der Waals surface area contributed by atoms with Crippen molar-refractivity contribution in [1.82, 2.24) is 9.97 Å². The Labute approximate surface area is 110 Å². The Morgan fingerprint density at radius 1 is 1.63 bits per heavy atom. The molecule has 1 aliphatic heterocycles. The SMILES string of the molecule is CC1CS(=O)(=O)CCN1c1nccc(/C(N)=N/O)n1. The average Bonchev–Trinajstić information content (AvgIpc) is 2.37. The summed E-state index contributed by atoms with van der Waals surface area (Å²) in [7, 11) is -2.99. The van der Waals surface area contributed by atoms with Crippen LogP contribution in [0.2, 0.25) is 0 Å². The molecule has 0 amide bonds. The van der Waals surface area contributed by atoms with Crippen LogP contribution >= 0.6 is 0 Å². The fourth-order valence-electron chi connectivity index (χ4n) is 1.98. The molecule has 1 fully saturated rings. The Morgan fingerprint density at radius 3 is 3.00 bits per heavy atom. The van der Waals surface area contributed by atoms with Gasteiger partial charge in [-0.1, -0.05) is 5.16 Å². The molecule has 1 unspecified atom stereocenters. The smallest absolute Gasteiger partial charge is 0.226 e. The molecule has 0 aliphatic carbocycles. The molecule has 1 aromatic rings. The molecule has 0 aromatic carbocycles. The summed E-state index contributed by atoms with van der Waals surface area (Å²) in [6.07, 6.45) is 1.49. The highest BCUT2D eigenvalue weighted by Crippen LogP contribution is 2.17. The van der Waals surface area contributed by atoms with Crippen molar-refractivity contribution in [3.05, 3.63) is 18.0 Å². The van der Waals surface area contributed by atoms with Crippen LogP contribution in [0, 0.1) is 0 Å². The summed E-state index contributed by atoms with van der Waals surface area (Å²) in [6, 6.07) is 1.31. The number of hydrogen-bond acceptors (Lipinski definition) is 7. The van der Waals surface area contributed by atoms with Crippen LogP contribution in [0.3, 0.4) is 0 Å². The van der Waals surface area contributed by atoms with Crippen LogP contribution in [-0.2, 0) is 9.84 Å². The Hall–Kier alpha value is -1.90. The number of hydrogen-bond donors (Lipinski definition) is 2. The van der Waals surface area contributed by atoms with Crippen molar-refractivity contribution >= 4 is 21.6 Å². The lowest BCUT2D eigenvalue weighted by Gasteiger charge is -2.33. The molecule has 9 heteroatoms. The summed E-state index contributed by atoms with van der Waals surface area (Å²) in [5.41, 5.74) is 5.76. The summed E-state index contributed by atoms with van der Waals surface area (Å²) >= 11 is 0. The van der Waals surface area contributed by atoms with E-state index in [0.717, 1.165) is 0 Å². The molecule has 1 atom stereocenters. The molecule has 0 radical (unpaired) electrons. The van der Waals surface area contributed by atoms with Crippen molar-refractivity contribution in [2.75, 3.05) is 23.0 Å². The van der Waals surface area contributed by atoms with Crippen LogP contribution in [0.5, 0.6) is 0 Å².